The van der Waals surface area contributed by atoms with Gasteiger partial charge in [-0.3, -0.25) is 4.90 Å². The molecule has 96 valence electrons. The van der Waals surface area contributed by atoms with E-state index in [1.807, 2.05) is 7.05 Å². The van der Waals surface area contributed by atoms with Crippen LogP contribution in [0.2, 0.25) is 0 Å². The predicted octanol–water partition coefficient (Wildman–Crippen LogP) is 0.0974. The van der Waals surface area contributed by atoms with E-state index in [-0.39, 0.29) is 6.04 Å². The third-order valence-corrected chi connectivity index (χ3v) is 3.18. The average Bonchev–Trinajstić information content (AvgIpc) is 2.67. The van der Waals surface area contributed by atoms with Crippen molar-refractivity contribution >= 4 is 0 Å². The van der Waals surface area contributed by atoms with Gasteiger partial charge in [-0.15, -0.1) is 0 Å². The fourth-order valence-electron chi connectivity index (χ4n) is 2.18. The maximum absolute atomic E-state index is 5.21. The summed E-state index contributed by atoms with van der Waals surface area (Å²) < 4.78 is 5.21. The molecule has 6 heteroatoms. The summed E-state index contributed by atoms with van der Waals surface area (Å²) in [7, 11) is 6.13. The molecule has 1 aromatic rings. The second-order valence-electron chi connectivity index (χ2n) is 4.69. The first-order valence-corrected chi connectivity index (χ1v) is 6.06. The van der Waals surface area contributed by atoms with Crippen molar-refractivity contribution in [2.24, 2.45) is 0 Å². The summed E-state index contributed by atoms with van der Waals surface area (Å²) in [6.07, 6.45) is 1.19. The van der Waals surface area contributed by atoms with Crippen LogP contribution in [0.1, 0.15) is 24.2 Å². The van der Waals surface area contributed by atoms with Crippen LogP contribution < -0.4 is 5.32 Å². The van der Waals surface area contributed by atoms with Gasteiger partial charge >= 0.3 is 0 Å². The van der Waals surface area contributed by atoms with E-state index in [9.17, 15) is 0 Å². The zero-order valence-electron chi connectivity index (χ0n) is 10.8. The maximum Gasteiger partial charge on any atom is 0.240 e. The molecule has 6 nitrogen and oxygen atoms in total. The van der Waals surface area contributed by atoms with Crippen molar-refractivity contribution in [3.63, 3.8) is 0 Å². The zero-order valence-corrected chi connectivity index (χ0v) is 10.8. The highest BCUT2D eigenvalue weighted by Gasteiger charge is 2.26. The maximum atomic E-state index is 5.21. The molecular formula is C11H21N5O. The normalized spacial score (nSPS) is 23.8. The fraction of sp³-hybridized carbons (Fsp3) is 0.818. The Morgan fingerprint density at radius 1 is 1.41 bits per heavy atom. The standard InChI is InChI=1S/C11H21N5O/c1-12-7-10-13-11(14-17-10)9-8-15(2)5-4-6-16(9)3/h9,12H,4-8H2,1-3H3. The number of hydrogen-bond acceptors (Lipinski definition) is 6. The summed E-state index contributed by atoms with van der Waals surface area (Å²) in [6.45, 7) is 3.78. The van der Waals surface area contributed by atoms with E-state index in [2.05, 4.69) is 39.4 Å². The van der Waals surface area contributed by atoms with Crippen molar-refractivity contribution in [3.8, 4) is 0 Å². The van der Waals surface area contributed by atoms with Crippen molar-refractivity contribution in [2.75, 3.05) is 40.8 Å². The minimum atomic E-state index is 0.233. The van der Waals surface area contributed by atoms with Crippen LogP contribution in [-0.2, 0) is 6.54 Å². The van der Waals surface area contributed by atoms with Crippen molar-refractivity contribution < 1.29 is 4.52 Å². The summed E-state index contributed by atoms with van der Waals surface area (Å²) in [5, 5.41) is 7.10. The van der Waals surface area contributed by atoms with Crippen LogP contribution in [0.4, 0.5) is 0 Å². The molecule has 0 aliphatic carbocycles. The molecule has 0 bridgehead atoms. The van der Waals surface area contributed by atoms with E-state index >= 15 is 0 Å². The van der Waals surface area contributed by atoms with Gasteiger partial charge in [-0.05, 0) is 40.7 Å². The van der Waals surface area contributed by atoms with Crippen LogP contribution in [0, 0.1) is 0 Å². The molecular weight excluding hydrogens is 218 g/mol. The summed E-state index contributed by atoms with van der Waals surface area (Å²) in [6, 6.07) is 0.233. The van der Waals surface area contributed by atoms with Gasteiger partial charge in [0.25, 0.3) is 0 Å². The molecule has 1 atom stereocenters. The number of nitrogens with zero attached hydrogens (tertiary/aromatic N) is 4. The van der Waals surface area contributed by atoms with Gasteiger partial charge in [-0.2, -0.15) is 4.98 Å². The van der Waals surface area contributed by atoms with Gasteiger partial charge in [-0.25, -0.2) is 0 Å². The molecule has 1 N–H and O–H groups in total. The van der Waals surface area contributed by atoms with Crippen LogP contribution in [0.15, 0.2) is 4.52 Å². The third kappa shape index (κ3) is 3.02. The number of nitrogens with one attached hydrogen (secondary N) is 1. The van der Waals surface area contributed by atoms with Crippen LogP contribution >= 0.6 is 0 Å². The molecule has 0 saturated carbocycles. The van der Waals surface area contributed by atoms with E-state index in [0.717, 1.165) is 25.5 Å². The number of likely N-dealkylation sites (N-methyl/N-ethyl adjacent to an activating group) is 2. The van der Waals surface area contributed by atoms with Crippen molar-refractivity contribution in [1.29, 1.82) is 0 Å². The average molecular weight is 239 g/mol. The quantitative estimate of drug-likeness (QED) is 0.807. The number of aromatic nitrogens is 2. The Labute approximate surface area is 102 Å². The van der Waals surface area contributed by atoms with E-state index in [1.54, 1.807) is 0 Å². The van der Waals surface area contributed by atoms with Crippen LogP contribution in [0.3, 0.4) is 0 Å². The minimum Gasteiger partial charge on any atom is -0.338 e. The van der Waals surface area contributed by atoms with Crippen LogP contribution in [0.25, 0.3) is 0 Å². The Kier molecular flexibility index (Phi) is 4.09. The fourth-order valence-corrected chi connectivity index (χ4v) is 2.18. The molecule has 1 aliphatic rings. The van der Waals surface area contributed by atoms with Crippen molar-refractivity contribution in [2.45, 2.75) is 19.0 Å². The Hall–Kier alpha value is -0.980. The first-order valence-electron chi connectivity index (χ1n) is 6.06. The molecule has 0 radical (unpaired) electrons. The van der Waals surface area contributed by atoms with Crippen molar-refractivity contribution in [3.05, 3.63) is 11.7 Å². The Bertz CT molecular complexity index is 353. The van der Waals surface area contributed by atoms with Gasteiger partial charge in [0.15, 0.2) is 5.82 Å². The predicted molar refractivity (Wildman–Crippen MR) is 64.5 cm³/mol. The van der Waals surface area contributed by atoms with Gasteiger partial charge in [0.05, 0.1) is 12.6 Å². The second kappa shape index (κ2) is 5.57. The molecule has 1 saturated heterocycles. The van der Waals surface area contributed by atoms with Gasteiger partial charge in [-0.1, -0.05) is 5.16 Å². The van der Waals surface area contributed by atoms with E-state index in [1.165, 1.54) is 6.42 Å². The van der Waals surface area contributed by atoms with Crippen molar-refractivity contribution in [1.82, 2.24) is 25.3 Å². The third-order valence-electron chi connectivity index (χ3n) is 3.18. The van der Waals surface area contributed by atoms with E-state index in [4.69, 9.17) is 4.52 Å². The molecule has 1 unspecified atom stereocenters. The first-order chi connectivity index (χ1) is 8.20. The topological polar surface area (TPSA) is 57.4 Å². The number of hydrogen-bond donors (Lipinski definition) is 1. The summed E-state index contributed by atoms with van der Waals surface area (Å²) in [5.74, 6) is 1.45. The van der Waals surface area contributed by atoms with E-state index in [0.29, 0.717) is 12.4 Å². The lowest BCUT2D eigenvalue weighted by Gasteiger charge is -2.24. The lowest BCUT2D eigenvalue weighted by Crippen LogP contribution is -2.31. The van der Waals surface area contributed by atoms with Gasteiger partial charge in [0.1, 0.15) is 0 Å². The Morgan fingerprint density at radius 2 is 2.24 bits per heavy atom. The minimum absolute atomic E-state index is 0.233. The zero-order chi connectivity index (χ0) is 12.3. The molecule has 17 heavy (non-hydrogen) atoms. The lowest BCUT2D eigenvalue weighted by atomic mass is 10.2. The van der Waals surface area contributed by atoms with Crippen LogP contribution in [-0.4, -0.2) is 60.7 Å². The molecule has 0 aromatic carbocycles. The highest BCUT2D eigenvalue weighted by Crippen LogP contribution is 2.20. The molecule has 1 aliphatic heterocycles. The SMILES string of the molecule is CNCc1nc(C2CN(C)CCCN2C)no1. The number of rotatable bonds is 3. The van der Waals surface area contributed by atoms with Gasteiger partial charge in [0.2, 0.25) is 5.89 Å². The molecule has 0 spiro atoms. The highest BCUT2D eigenvalue weighted by atomic mass is 16.5. The summed E-state index contributed by atoms with van der Waals surface area (Å²) in [5.41, 5.74) is 0. The smallest absolute Gasteiger partial charge is 0.240 e. The molecule has 1 fully saturated rings. The summed E-state index contributed by atoms with van der Waals surface area (Å²) in [4.78, 5) is 9.07. The van der Waals surface area contributed by atoms with Gasteiger partial charge in [0, 0.05) is 6.54 Å². The molecule has 0 amide bonds. The Morgan fingerprint density at radius 3 is 3.00 bits per heavy atom. The molecule has 2 rings (SSSR count). The van der Waals surface area contributed by atoms with E-state index < -0.39 is 0 Å². The molecule has 1 aromatic heterocycles. The van der Waals surface area contributed by atoms with Crippen LogP contribution in [0.5, 0.6) is 0 Å². The summed E-state index contributed by atoms with van der Waals surface area (Å²) >= 11 is 0. The second-order valence-corrected chi connectivity index (χ2v) is 4.69. The highest BCUT2D eigenvalue weighted by molar-refractivity contribution is 4.97. The van der Waals surface area contributed by atoms with Gasteiger partial charge < -0.3 is 14.7 Å². The monoisotopic (exact) mass is 239 g/mol. The lowest BCUT2D eigenvalue weighted by molar-refractivity contribution is 0.214. The first kappa shape index (κ1) is 12.5. The largest absolute Gasteiger partial charge is 0.338 e. The Balaban J connectivity index is 2.11. The molecule has 2 heterocycles.